The Kier molecular flexibility index (Phi) is 1.68. The summed E-state index contributed by atoms with van der Waals surface area (Å²) in [7, 11) is 1.90. The summed E-state index contributed by atoms with van der Waals surface area (Å²) in [5.74, 6) is 0. The predicted molar refractivity (Wildman–Crippen MR) is 45.9 cm³/mol. The van der Waals surface area contributed by atoms with Crippen molar-refractivity contribution in [2.45, 2.75) is 32.3 Å². The standard InChI is InChI=1S/C9H14N2O/c1-6(12)9-7-4-3-5-8(7)10-11(9)2/h6,12H,3-5H2,1-2H3. The lowest BCUT2D eigenvalue weighted by Gasteiger charge is -2.06. The van der Waals surface area contributed by atoms with Crippen LogP contribution in [0.15, 0.2) is 0 Å². The number of aliphatic hydroxyl groups is 1. The van der Waals surface area contributed by atoms with Crippen LogP contribution in [0.25, 0.3) is 0 Å². The maximum Gasteiger partial charge on any atom is 0.0931 e. The summed E-state index contributed by atoms with van der Waals surface area (Å²) < 4.78 is 1.81. The van der Waals surface area contributed by atoms with E-state index in [1.165, 1.54) is 17.7 Å². The van der Waals surface area contributed by atoms with Crippen molar-refractivity contribution < 1.29 is 5.11 Å². The molecule has 1 heterocycles. The van der Waals surface area contributed by atoms with Gasteiger partial charge in [-0.3, -0.25) is 4.68 Å². The number of aryl methyl sites for hydroxylation is 2. The van der Waals surface area contributed by atoms with Crippen molar-refractivity contribution in [3.8, 4) is 0 Å². The van der Waals surface area contributed by atoms with Crippen LogP contribution in [0.3, 0.4) is 0 Å². The Morgan fingerprint density at radius 1 is 1.50 bits per heavy atom. The first-order chi connectivity index (χ1) is 5.70. The number of rotatable bonds is 1. The van der Waals surface area contributed by atoms with Gasteiger partial charge in [-0.15, -0.1) is 0 Å². The van der Waals surface area contributed by atoms with Gasteiger partial charge in [0.25, 0.3) is 0 Å². The molecule has 1 atom stereocenters. The van der Waals surface area contributed by atoms with Crippen molar-refractivity contribution in [1.82, 2.24) is 9.78 Å². The number of hydrogen-bond acceptors (Lipinski definition) is 2. The maximum atomic E-state index is 9.50. The molecule has 0 spiro atoms. The molecule has 0 aromatic carbocycles. The number of hydrogen-bond donors (Lipinski definition) is 1. The summed E-state index contributed by atoms with van der Waals surface area (Å²) in [5.41, 5.74) is 3.48. The highest BCUT2D eigenvalue weighted by molar-refractivity contribution is 5.31. The highest BCUT2D eigenvalue weighted by atomic mass is 16.3. The first-order valence-electron chi connectivity index (χ1n) is 4.43. The molecular formula is C9H14N2O. The number of aromatic nitrogens is 2. The molecule has 1 N–H and O–H groups in total. The zero-order chi connectivity index (χ0) is 8.72. The maximum absolute atomic E-state index is 9.50. The highest BCUT2D eigenvalue weighted by Crippen LogP contribution is 2.27. The van der Waals surface area contributed by atoms with Crippen LogP contribution in [0, 0.1) is 0 Å². The van der Waals surface area contributed by atoms with Crippen LogP contribution in [-0.4, -0.2) is 14.9 Å². The molecule has 1 aromatic heterocycles. The average Bonchev–Trinajstić information content (AvgIpc) is 2.44. The third-order valence-corrected chi connectivity index (χ3v) is 2.51. The van der Waals surface area contributed by atoms with E-state index in [1.807, 2.05) is 11.7 Å². The van der Waals surface area contributed by atoms with E-state index in [2.05, 4.69) is 5.10 Å². The van der Waals surface area contributed by atoms with Gasteiger partial charge in [-0.05, 0) is 31.7 Å². The van der Waals surface area contributed by atoms with Gasteiger partial charge in [-0.2, -0.15) is 5.10 Å². The minimum absolute atomic E-state index is 0.385. The molecule has 0 bridgehead atoms. The van der Waals surface area contributed by atoms with Crippen LogP contribution in [-0.2, 0) is 19.9 Å². The second-order valence-corrected chi connectivity index (χ2v) is 3.46. The van der Waals surface area contributed by atoms with E-state index >= 15 is 0 Å². The Morgan fingerprint density at radius 2 is 2.25 bits per heavy atom. The van der Waals surface area contributed by atoms with Crippen LogP contribution in [0.4, 0.5) is 0 Å². The topological polar surface area (TPSA) is 38.1 Å². The average molecular weight is 166 g/mol. The Bertz CT molecular complexity index is 302. The van der Waals surface area contributed by atoms with E-state index in [9.17, 15) is 5.11 Å². The zero-order valence-electron chi connectivity index (χ0n) is 7.54. The molecular weight excluding hydrogens is 152 g/mol. The molecule has 0 fully saturated rings. The minimum atomic E-state index is -0.385. The summed E-state index contributed by atoms with van der Waals surface area (Å²) in [6.07, 6.45) is 2.97. The van der Waals surface area contributed by atoms with E-state index in [-0.39, 0.29) is 6.10 Å². The van der Waals surface area contributed by atoms with Crippen molar-refractivity contribution in [3.05, 3.63) is 17.0 Å². The van der Waals surface area contributed by atoms with Gasteiger partial charge in [0.15, 0.2) is 0 Å². The number of fused-ring (bicyclic) bond motifs is 1. The quantitative estimate of drug-likeness (QED) is 0.675. The van der Waals surface area contributed by atoms with Crippen molar-refractivity contribution in [3.63, 3.8) is 0 Å². The fourth-order valence-electron chi connectivity index (χ4n) is 2.07. The summed E-state index contributed by atoms with van der Waals surface area (Å²) in [5, 5.41) is 13.9. The van der Waals surface area contributed by atoms with Gasteiger partial charge in [0.2, 0.25) is 0 Å². The summed E-state index contributed by atoms with van der Waals surface area (Å²) in [4.78, 5) is 0. The molecule has 66 valence electrons. The molecule has 0 saturated heterocycles. The summed E-state index contributed by atoms with van der Waals surface area (Å²) in [6, 6.07) is 0. The summed E-state index contributed by atoms with van der Waals surface area (Å²) in [6.45, 7) is 1.80. The van der Waals surface area contributed by atoms with E-state index in [0.717, 1.165) is 18.5 Å². The molecule has 0 amide bonds. The third-order valence-electron chi connectivity index (χ3n) is 2.51. The minimum Gasteiger partial charge on any atom is -0.387 e. The van der Waals surface area contributed by atoms with Gasteiger partial charge in [0, 0.05) is 7.05 Å². The molecule has 0 radical (unpaired) electrons. The fraction of sp³-hybridized carbons (Fsp3) is 0.667. The van der Waals surface area contributed by atoms with Gasteiger partial charge in [0.1, 0.15) is 0 Å². The Morgan fingerprint density at radius 3 is 2.92 bits per heavy atom. The van der Waals surface area contributed by atoms with E-state index in [1.54, 1.807) is 6.92 Å². The van der Waals surface area contributed by atoms with Gasteiger partial charge in [-0.25, -0.2) is 0 Å². The SMILES string of the molecule is CC(O)c1c2c(nn1C)CCC2. The Labute approximate surface area is 72.0 Å². The molecule has 2 rings (SSSR count). The van der Waals surface area contributed by atoms with Gasteiger partial charge in [-0.1, -0.05) is 0 Å². The molecule has 0 aliphatic heterocycles. The molecule has 3 nitrogen and oxygen atoms in total. The highest BCUT2D eigenvalue weighted by Gasteiger charge is 2.22. The molecule has 1 aliphatic carbocycles. The zero-order valence-corrected chi connectivity index (χ0v) is 7.54. The first-order valence-corrected chi connectivity index (χ1v) is 4.43. The Hall–Kier alpha value is -0.830. The monoisotopic (exact) mass is 166 g/mol. The van der Waals surface area contributed by atoms with Gasteiger partial charge in [0.05, 0.1) is 17.5 Å². The largest absolute Gasteiger partial charge is 0.387 e. The lowest BCUT2D eigenvalue weighted by molar-refractivity contribution is 0.188. The van der Waals surface area contributed by atoms with E-state index in [0.29, 0.717) is 0 Å². The molecule has 1 unspecified atom stereocenters. The van der Waals surface area contributed by atoms with Gasteiger partial charge >= 0.3 is 0 Å². The lowest BCUT2D eigenvalue weighted by atomic mass is 10.1. The van der Waals surface area contributed by atoms with Gasteiger partial charge < -0.3 is 5.11 Å². The normalized spacial score (nSPS) is 17.9. The molecule has 1 aliphatic rings. The van der Waals surface area contributed by atoms with Crippen LogP contribution in [0.2, 0.25) is 0 Å². The second-order valence-electron chi connectivity index (χ2n) is 3.46. The third kappa shape index (κ3) is 0.966. The van der Waals surface area contributed by atoms with Crippen molar-refractivity contribution in [2.24, 2.45) is 7.05 Å². The van der Waals surface area contributed by atoms with Crippen LogP contribution < -0.4 is 0 Å². The predicted octanol–water partition coefficient (Wildman–Crippen LogP) is 0.962. The van der Waals surface area contributed by atoms with Crippen LogP contribution >= 0.6 is 0 Å². The van der Waals surface area contributed by atoms with Crippen molar-refractivity contribution in [2.75, 3.05) is 0 Å². The van der Waals surface area contributed by atoms with Crippen LogP contribution in [0.5, 0.6) is 0 Å². The smallest absolute Gasteiger partial charge is 0.0931 e. The van der Waals surface area contributed by atoms with Crippen molar-refractivity contribution in [1.29, 1.82) is 0 Å². The summed E-state index contributed by atoms with van der Waals surface area (Å²) >= 11 is 0. The fourth-order valence-corrected chi connectivity index (χ4v) is 2.07. The van der Waals surface area contributed by atoms with E-state index < -0.39 is 0 Å². The molecule has 3 heteroatoms. The van der Waals surface area contributed by atoms with E-state index in [4.69, 9.17) is 0 Å². The number of aliphatic hydroxyl groups excluding tert-OH is 1. The molecule has 0 saturated carbocycles. The molecule has 1 aromatic rings. The number of nitrogens with zero attached hydrogens (tertiary/aromatic N) is 2. The Balaban J connectivity index is 2.52. The molecule has 12 heavy (non-hydrogen) atoms. The van der Waals surface area contributed by atoms with Crippen molar-refractivity contribution >= 4 is 0 Å². The van der Waals surface area contributed by atoms with Crippen LogP contribution in [0.1, 0.15) is 36.4 Å². The first kappa shape index (κ1) is 7.80. The second kappa shape index (κ2) is 2.59. The lowest BCUT2D eigenvalue weighted by Crippen LogP contribution is -2.04.